The van der Waals surface area contributed by atoms with Crippen LogP contribution in [0, 0.1) is 0 Å². The zero-order valence-electron chi connectivity index (χ0n) is 14.9. The normalized spacial score (nSPS) is 13.7. The number of nitrogens with one attached hydrogen (secondary N) is 1. The molecule has 1 N–H and O–H groups in total. The van der Waals surface area contributed by atoms with Crippen molar-refractivity contribution in [2.45, 2.75) is 38.9 Å². The highest BCUT2D eigenvalue weighted by Crippen LogP contribution is 2.30. The molecule has 0 aromatic carbocycles. The van der Waals surface area contributed by atoms with Crippen LogP contribution in [-0.2, 0) is 13.1 Å². The summed E-state index contributed by atoms with van der Waals surface area (Å²) in [6, 6.07) is 5.48. The van der Waals surface area contributed by atoms with Crippen molar-refractivity contribution < 1.29 is 4.79 Å². The van der Waals surface area contributed by atoms with Crippen molar-refractivity contribution in [3.05, 3.63) is 68.8 Å². The van der Waals surface area contributed by atoms with Gasteiger partial charge in [-0.25, -0.2) is 9.78 Å². The summed E-state index contributed by atoms with van der Waals surface area (Å²) in [6.45, 7) is 2.63. The van der Waals surface area contributed by atoms with Gasteiger partial charge in [-0.15, -0.1) is 0 Å². The molecule has 138 valence electrons. The number of H-pyrrole nitrogens is 1. The van der Waals surface area contributed by atoms with E-state index in [1.54, 1.807) is 24.2 Å². The first-order chi connectivity index (χ1) is 13.1. The lowest BCUT2D eigenvalue weighted by Gasteiger charge is -2.22. The maximum Gasteiger partial charge on any atom is 0.329 e. The lowest BCUT2D eigenvalue weighted by Crippen LogP contribution is -2.34. The number of aryl methyl sites for hydroxylation is 1. The standard InChI is InChI=1S/C19H19N5O3/c1-2-23-16-15(17(25)22-19(23)27)8-13(10-21-16)18(26)24(14-5-6-14)11-12-4-3-7-20-9-12/h3-4,7-10,14H,2,5-6,11H2,1H3,(H,22,25,27). The highest BCUT2D eigenvalue weighted by Gasteiger charge is 2.33. The van der Waals surface area contributed by atoms with E-state index in [4.69, 9.17) is 0 Å². The molecule has 0 unspecified atom stereocenters. The average Bonchev–Trinajstić information content (AvgIpc) is 3.51. The van der Waals surface area contributed by atoms with Gasteiger partial charge in [0.25, 0.3) is 11.5 Å². The smallest absolute Gasteiger partial charge is 0.329 e. The molecule has 3 aromatic rings. The molecule has 0 bridgehead atoms. The highest BCUT2D eigenvalue weighted by molar-refractivity contribution is 5.97. The number of nitrogens with zero attached hydrogens (tertiary/aromatic N) is 4. The largest absolute Gasteiger partial charge is 0.331 e. The molecule has 1 aliphatic rings. The Balaban J connectivity index is 1.73. The number of fused-ring (bicyclic) bond motifs is 1. The molecule has 8 heteroatoms. The quantitative estimate of drug-likeness (QED) is 0.734. The molecule has 0 atom stereocenters. The predicted molar refractivity (Wildman–Crippen MR) is 99.4 cm³/mol. The number of hydrogen-bond acceptors (Lipinski definition) is 5. The van der Waals surface area contributed by atoms with E-state index in [2.05, 4.69) is 15.0 Å². The third-order valence-electron chi connectivity index (χ3n) is 4.72. The van der Waals surface area contributed by atoms with Gasteiger partial charge >= 0.3 is 5.69 Å². The molecule has 3 heterocycles. The van der Waals surface area contributed by atoms with Crippen molar-refractivity contribution in [3.63, 3.8) is 0 Å². The van der Waals surface area contributed by atoms with Crippen LogP contribution in [0.5, 0.6) is 0 Å². The second-order valence-electron chi connectivity index (χ2n) is 6.62. The summed E-state index contributed by atoms with van der Waals surface area (Å²) in [4.78, 5) is 49.6. The summed E-state index contributed by atoms with van der Waals surface area (Å²) in [5, 5.41) is 0.236. The molecular formula is C19H19N5O3. The summed E-state index contributed by atoms with van der Waals surface area (Å²) >= 11 is 0. The summed E-state index contributed by atoms with van der Waals surface area (Å²) in [5.41, 5.74) is 0.534. The fourth-order valence-electron chi connectivity index (χ4n) is 3.19. The average molecular weight is 365 g/mol. The van der Waals surface area contributed by atoms with Gasteiger partial charge in [0.05, 0.1) is 10.9 Å². The van der Waals surface area contributed by atoms with Crippen molar-refractivity contribution in [2.24, 2.45) is 0 Å². The molecule has 0 aliphatic heterocycles. The third kappa shape index (κ3) is 3.25. The monoisotopic (exact) mass is 365 g/mol. The fraction of sp³-hybridized carbons (Fsp3) is 0.316. The Morgan fingerprint density at radius 1 is 1.33 bits per heavy atom. The first kappa shape index (κ1) is 17.1. The molecular weight excluding hydrogens is 346 g/mol. The number of pyridine rings is 2. The summed E-state index contributed by atoms with van der Waals surface area (Å²) in [6.07, 6.45) is 6.80. The zero-order chi connectivity index (χ0) is 19.0. The summed E-state index contributed by atoms with van der Waals surface area (Å²) in [5.74, 6) is -0.176. The second-order valence-corrected chi connectivity index (χ2v) is 6.62. The minimum atomic E-state index is -0.535. The molecule has 0 spiro atoms. The number of aromatic nitrogens is 4. The Morgan fingerprint density at radius 2 is 2.15 bits per heavy atom. The first-order valence-corrected chi connectivity index (χ1v) is 8.91. The minimum Gasteiger partial charge on any atom is -0.331 e. The van der Waals surface area contributed by atoms with Crippen LogP contribution in [0.2, 0.25) is 0 Å². The van der Waals surface area contributed by atoms with Crippen LogP contribution in [0.25, 0.3) is 11.0 Å². The number of aromatic amines is 1. The van der Waals surface area contributed by atoms with Gasteiger partial charge in [0.15, 0.2) is 0 Å². The predicted octanol–water partition coefficient (Wildman–Crippen LogP) is 1.30. The van der Waals surface area contributed by atoms with E-state index < -0.39 is 11.2 Å². The van der Waals surface area contributed by atoms with Crippen molar-refractivity contribution >= 4 is 16.9 Å². The molecule has 0 radical (unpaired) electrons. The Kier molecular flexibility index (Phi) is 4.31. The van der Waals surface area contributed by atoms with Crippen LogP contribution in [-0.4, -0.2) is 36.4 Å². The van der Waals surface area contributed by atoms with E-state index in [0.29, 0.717) is 18.7 Å². The zero-order valence-corrected chi connectivity index (χ0v) is 14.9. The Bertz CT molecular complexity index is 1120. The van der Waals surface area contributed by atoms with E-state index in [1.165, 1.54) is 16.8 Å². The molecule has 27 heavy (non-hydrogen) atoms. The van der Waals surface area contributed by atoms with Crippen LogP contribution >= 0.6 is 0 Å². The maximum absolute atomic E-state index is 13.1. The lowest BCUT2D eigenvalue weighted by molar-refractivity contribution is 0.0729. The Morgan fingerprint density at radius 3 is 2.81 bits per heavy atom. The second kappa shape index (κ2) is 6.79. The molecule has 4 rings (SSSR count). The molecule has 1 saturated carbocycles. The highest BCUT2D eigenvalue weighted by atomic mass is 16.2. The van der Waals surface area contributed by atoms with Gasteiger partial charge < -0.3 is 4.90 Å². The molecule has 1 amide bonds. The van der Waals surface area contributed by atoms with Crippen molar-refractivity contribution in [3.8, 4) is 0 Å². The number of rotatable bonds is 5. The molecule has 0 saturated heterocycles. The summed E-state index contributed by atoms with van der Waals surface area (Å²) in [7, 11) is 0. The van der Waals surface area contributed by atoms with Crippen molar-refractivity contribution in [2.75, 3.05) is 0 Å². The topological polar surface area (TPSA) is 101 Å². The number of carbonyl (C=O) groups excluding carboxylic acids is 1. The fourth-order valence-corrected chi connectivity index (χ4v) is 3.19. The van der Waals surface area contributed by atoms with Crippen LogP contribution in [0.1, 0.15) is 35.7 Å². The van der Waals surface area contributed by atoms with Gasteiger partial charge in [-0.2, -0.15) is 0 Å². The molecule has 8 nitrogen and oxygen atoms in total. The number of carbonyl (C=O) groups is 1. The van der Waals surface area contributed by atoms with Gasteiger partial charge in [0, 0.05) is 37.7 Å². The van der Waals surface area contributed by atoms with Crippen molar-refractivity contribution in [1.82, 2.24) is 24.4 Å². The molecule has 1 fully saturated rings. The molecule has 3 aromatic heterocycles. The van der Waals surface area contributed by atoms with Gasteiger partial charge in [0.2, 0.25) is 0 Å². The Hall–Kier alpha value is -3.29. The molecule has 1 aliphatic carbocycles. The number of hydrogen-bond donors (Lipinski definition) is 1. The van der Waals surface area contributed by atoms with E-state index in [0.717, 1.165) is 18.4 Å². The minimum absolute atomic E-state index is 0.176. The van der Waals surface area contributed by atoms with Crippen LogP contribution in [0.15, 0.2) is 46.4 Å². The van der Waals surface area contributed by atoms with Crippen molar-refractivity contribution in [1.29, 1.82) is 0 Å². The van der Waals surface area contributed by atoms with E-state index in [1.807, 2.05) is 12.1 Å². The van der Waals surface area contributed by atoms with Crippen LogP contribution in [0.3, 0.4) is 0 Å². The van der Waals surface area contributed by atoms with Gasteiger partial charge in [0.1, 0.15) is 5.65 Å². The maximum atomic E-state index is 13.1. The lowest BCUT2D eigenvalue weighted by atomic mass is 10.2. The van der Waals surface area contributed by atoms with Gasteiger partial charge in [-0.1, -0.05) is 6.07 Å². The van der Waals surface area contributed by atoms with Crippen LogP contribution < -0.4 is 11.2 Å². The first-order valence-electron chi connectivity index (χ1n) is 8.91. The van der Waals surface area contributed by atoms with E-state index in [9.17, 15) is 14.4 Å². The SMILES string of the molecule is CCn1c(=O)[nH]c(=O)c2cc(C(=O)N(Cc3cccnc3)C3CC3)cnc21. The van der Waals surface area contributed by atoms with Crippen LogP contribution in [0.4, 0.5) is 0 Å². The van der Waals surface area contributed by atoms with Gasteiger partial charge in [-0.05, 0) is 37.5 Å². The summed E-state index contributed by atoms with van der Waals surface area (Å²) < 4.78 is 1.37. The Labute approximate surface area is 154 Å². The third-order valence-corrected chi connectivity index (χ3v) is 4.72. The van der Waals surface area contributed by atoms with E-state index in [-0.39, 0.29) is 23.0 Å². The number of amides is 1. The van der Waals surface area contributed by atoms with E-state index >= 15 is 0 Å². The van der Waals surface area contributed by atoms with Gasteiger partial charge in [-0.3, -0.25) is 24.1 Å².